The van der Waals surface area contributed by atoms with Crippen molar-refractivity contribution in [3.63, 3.8) is 0 Å². The molecule has 3 rings (SSSR count). The average molecular weight is 386 g/mol. The minimum Gasteiger partial charge on any atom is -0.310 e. The van der Waals surface area contributed by atoms with Crippen LogP contribution in [0.15, 0.2) is 35.1 Å². The number of nitrogens with zero attached hydrogens (tertiary/aromatic N) is 3. The summed E-state index contributed by atoms with van der Waals surface area (Å²) in [5.41, 5.74) is 2.48. The lowest BCUT2D eigenvalue weighted by Crippen LogP contribution is -2.22. The standard InChI is InChI=1S/C19H20ClN5O2/c1-4-14-12(3)21-19(23-18(14)27)25-16(9-11(2)24-25)22-17(26)10-13-7-5-6-8-15(13)20/h5-9H,4,10H2,1-3H3,(H,22,26)(H,21,23,27). The fraction of sp³-hybridized carbons (Fsp3) is 0.263. The van der Waals surface area contributed by atoms with E-state index in [4.69, 9.17) is 11.6 Å². The highest BCUT2D eigenvalue weighted by Crippen LogP contribution is 2.18. The number of anilines is 1. The molecule has 0 aliphatic heterocycles. The summed E-state index contributed by atoms with van der Waals surface area (Å²) >= 11 is 6.12. The molecule has 0 aliphatic rings. The number of aryl methyl sites for hydroxylation is 2. The molecule has 3 aromatic rings. The number of hydrogen-bond acceptors (Lipinski definition) is 4. The van der Waals surface area contributed by atoms with E-state index >= 15 is 0 Å². The van der Waals surface area contributed by atoms with Crippen molar-refractivity contribution in [3.8, 4) is 5.95 Å². The van der Waals surface area contributed by atoms with Crippen molar-refractivity contribution in [2.75, 3.05) is 5.32 Å². The second-order valence-corrected chi connectivity index (χ2v) is 6.61. The molecule has 1 aromatic carbocycles. The van der Waals surface area contributed by atoms with E-state index in [0.29, 0.717) is 34.2 Å². The number of halogens is 1. The summed E-state index contributed by atoms with van der Waals surface area (Å²) in [6.07, 6.45) is 0.718. The quantitative estimate of drug-likeness (QED) is 0.706. The van der Waals surface area contributed by atoms with E-state index < -0.39 is 0 Å². The van der Waals surface area contributed by atoms with Crippen LogP contribution in [0.2, 0.25) is 5.02 Å². The fourth-order valence-corrected chi connectivity index (χ4v) is 3.07. The lowest BCUT2D eigenvalue weighted by Gasteiger charge is -2.10. The average Bonchev–Trinajstić information content (AvgIpc) is 2.97. The number of benzene rings is 1. The first-order valence-corrected chi connectivity index (χ1v) is 8.97. The molecule has 2 heterocycles. The number of nitrogens with one attached hydrogen (secondary N) is 2. The van der Waals surface area contributed by atoms with Crippen LogP contribution < -0.4 is 10.9 Å². The van der Waals surface area contributed by atoms with Crippen LogP contribution in [0.5, 0.6) is 0 Å². The molecule has 0 atom stereocenters. The van der Waals surface area contributed by atoms with Crippen molar-refractivity contribution >= 4 is 23.3 Å². The number of H-pyrrole nitrogens is 1. The number of hydrogen-bond donors (Lipinski definition) is 2. The van der Waals surface area contributed by atoms with E-state index in [2.05, 4.69) is 20.4 Å². The lowest BCUT2D eigenvalue weighted by molar-refractivity contribution is -0.115. The Hall–Kier alpha value is -2.93. The molecule has 0 fully saturated rings. The Bertz CT molecular complexity index is 1050. The van der Waals surface area contributed by atoms with Gasteiger partial charge in [-0.15, -0.1) is 0 Å². The molecule has 0 saturated heterocycles. The van der Waals surface area contributed by atoms with E-state index in [1.54, 1.807) is 32.0 Å². The summed E-state index contributed by atoms with van der Waals surface area (Å²) in [4.78, 5) is 31.9. The number of carbonyl (C=O) groups excluding carboxylic acids is 1. The van der Waals surface area contributed by atoms with E-state index in [0.717, 1.165) is 5.56 Å². The van der Waals surface area contributed by atoms with Gasteiger partial charge in [-0.1, -0.05) is 36.7 Å². The third-order valence-electron chi connectivity index (χ3n) is 4.17. The van der Waals surface area contributed by atoms with Crippen molar-refractivity contribution in [1.29, 1.82) is 0 Å². The van der Waals surface area contributed by atoms with Gasteiger partial charge >= 0.3 is 0 Å². The first kappa shape index (κ1) is 18.8. The molecule has 2 N–H and O–H groups in total. The molecule has 140 valence electrons. The Balaban J connectivity index is 1.90. The molecule has 0 bridgehead atoms. The summed E-state index contributed by atoms with van der Waals surface area (Å²) in [7, 11) is 0. The number of aromatic amines is 1. The first-order valence-electron chi connectivity index (χ1n) is 8.59. The number of rotatable bonds is 5. The van der Waals surface area contributed by atoms with Crippen molar-refractivity contribution in [3.05, 3.63) is 68.2 Å². The second kappa shape index (κ2) is 7.75. The SMILES string of the molecule is CCc1c(C)nc(-n2nc(C)cc2NC(=O)Cc2ccccc2Cl)[nH]c1=O. The number of aromatic nitrogens is 4. The summed E-state index contributed by atoms with van der Waals surface area (Å²) in [5.74, 6) is 0.445. The Morgan fingerprint density at radius 3 is 2.70 bits per heavy atom. The van der Waals surface area contributed by atoms with Gasteiger partial charge in [0.1, 0.15) is 5.82 Å². The molecular formula is C19H20ClN5O2. The van der Waals surface area contributed by atoms with Gasteiger partial charge in [0.15, 0.2) is 0 Å². The molecule has 0 saturated carbocycles. The molecule has 0 spiro atoms. The van der Waals surface area contributed by atoms with Crippen molar-refractivity contribution in [1.82, 2.24) is 19.7 Å². The Kier molecular flexibility index (Phi) is 5.41. The Labute approximate surface area is 161 Å². The van der Waals surface area contributed by atoms with Crippen molar-refractivity contribution in [2.45, 2.75) is 33.6 Å². The van der Waals surface area contributed by atoms with Gasteiger partial charge < -0.3 is 5.32 Å². The fourth-order valence-electron chi connectivity index (χ4n) is 2.86. The molecule has 0 unspecified atom stereocenters. The highest BCUT2D eigenvalue weighted by molar-refractivity contribution is 6.31. The third kappa shape index (κ3) is 4.09. The van der Waals surface area contributed by atoms with Gasteiger partial charge in [-0.25, -0.2) is 4.98 Å². The van der Waals surface area contributed by atoms with Crippen molar-refractivity contribution in [2.24, 2.45) is 0 Å². The van der Waals surface area contributed by atoms with Crippen LogP contribution in [0.25, 0.3) is 5.95 Å². The summed E-state index contributed by atoms with van der Waals surface area (Å²) in [5, 5.41) is 7.69. The maximum absolute atomic E-state index is 12.5. The monoisotopic (exact) mass is 385 g/mol. The molecular weight excluding hydrogens is 366 g/mol. The molecule has 1 amide bonds. The third-order valence-corrected chi connectivity index (χ3v) is 4.54. The second-order valence-electron chi connectivity index (χ2n) is 6.21. The van der Waals surface area contributed by atoms with Crippen LogP contribution in [-0.2, 0) is 17.6 Å². The first-order chi connectivity index (χ1) is 12.9. The minimum absolute atomic E-state index is 0.127. The zero-order valence-electron chi connectivity index (χ0n) is 15.3. The number of carbonyl (C=O) groups is 1. The maximum atomic E-state index is 12.5. The highest BCUT2D eigenvalue weighted by Gasteiger charge is 2.15. The van der Waals surface area contributed by atoms with E-state index in [1.165, 1.54) is 4.68 Å². The number of amides is 1. The van der Waals surface area contributed by atoms with Crippen LogP contribution in [0, 0.1) is 13.8 Å². The summed E-state index contributed by atoms with van der Waals surface area (Å²) in [6.45, 7) is 5.48. The smallest absolute Gasteiger partial charge is 0.255 e. The topological polar surface area (TPSA) is 92.7 Å². The minimum atomic E-state index is -0.242. The van der Waals surface area contributed by atoms with E-state index in [1.807, 2.05) is 19.1 Å². The summed E-state index contributed by atoms with van der Waals surface area (Å²) < 4.78 is 1.42. The van der Waals surface area contributed by atoms with Crippen molar-refractivity contribution < 1.29 is 4.79 Å². The van der Waals surface area contributed by atoms with Gasteiger partial charge in [-0.05, 0) is 31.9 Å². The van der Waals surface area contributed by atoms with E-state index in [9.17, 15) is 9.59 Å². The summed E-state index contributed by atoms with van der Waals surface area (Å²) in [6, 6.07) is 8.90. The molecule has 2 aromatic heterocycles. The predicted octanol–water partition coefficient (Wildman–Crippen LogP) is 2.97. The molecule has 27 heavy (non-hydrogen) atoms. The predicted molar refractivity (Wildman–Crippen MR) is 105 cm³/mol. The molecule has 0 radical (unpaired) electrons. The van der Waals surface area contributed by atoms with Crippen LogP contribution in [0.1, 0.15) is 29.4 Å². The lowest BCUT2D eigenvalue weighted by atomic mass is 10.1. The van der Waals surface area contributed by atoms with Crippen LogP contribution in [-0.4, -0.2) is 25.7 Å². The molecule has 0 aliphatic carbocycles. The van der Waals surface area contributed by atoms with Crippen LogP contribution >= 0.6 is 11.6 Å². The maximum Gasteiger partial charge on any atom is 0.255 e. The largest absolute Gasteiger partial charge is 0.310 e. The van der Waals surface area contributed by atoms with Gasteiger partial charge in [0.25, 0.3) is 5.56 Å². The highest BCUT2D eigenvalue weighted by atomic mass is 35.5. The normalized spacial score (nSPS) is 10.8. The molecule has 7 nitrogen and oxygen atoms in total. The van der Waals surface area contributed by atoms with Crippen LogP contribution in [0.3, 0.4) is 0 Å². The van der Waals surface area contributed by atoms with Gasteiger partial charge in [-0.2, -0.15) is 9.78 Å². The van der Waals surface area contributed by atoms with Gasteiger partial charge in [0.2, 0.25) is 11.9 Å². The van der Waals surface area contributed by atoms with Gasteiger partial charge in [0.05, 0.1) is 12.1 Å². The molecule has 8 heteroatoms. The Morgan fingerprint density at radius 2 is 2.04 bits per heavy atom. The van der Waals surface area contributed by atoms with Gasteiger partial charge in [-0.3, -0.25) is 14.6 Å². The van der Waals surface area contributed by atoms with E-state index in [-0.39, 0.29) is 23.8 Å². The zero-order valence-corrected chi connectivity index (χ0v) is 16.1. The van der Waals surface area contributed by atoms with Gasteiger partial charge in [0, 0.05) is 22.3 Å². The van der Waals surface area contributed by atoms with Crippen LogP contribution in [0.4, 0.5) is 5.82 Å². The Morgan fingerprint density at radius 1 is 1.30 bits per heavy atom. The zero-order chi connectivity index (χ0) is 19.6.